The summed E-state index contributed by atoms with van der Waals surface area (Å²) in [5.74, 6) is -1.50. The molecular formula is C17H16BrNO3S. The third-order valence-electron chi connectivity index (χ3n) is 4.01. The topological polar surface area (TPSA) is 57.6 Å². The minimum absolute atomic E-state index is 0.00294. The minimum atomic E-state index is -0.879. The van der Waals surface area contributed by atoms with Gasteiger partial charge in [-0.3, -0.25) is 9.59 Å². The van der Waals surface area contributed by atoms with E-state index >= 15 is 0 Å². The first-order valence-corrected chi connectivity index (χ1v) is 9.03. The van der Waals surface area contributed by atoms with Gasteiger partial charge in [0.05, 0.1) is 3.79 Å². The third kappa shape index (κ3) is 3.48. The number of hydrogen-bond acceptors (Lipinski definition) is 3. The highest BCUT2D eigenvalue weighted by Crippen LogP contribution is 2.36. The Hall–Kier alpha value is -1.66. The lowest BCUT2D eigenvalue weighted by Crippen LogP contribution is -2.31. The molecule has 3 rings (SSSR count). The van der Waals surface area contributed by atoms with E-state index in [4.69, 9.17) is 0 Å². The number of thiophene rings is 1. The van der Waals surface area contributed by atoms with Crippen molar-refractivity contribution in [1.82, 2.24) is 0 Å². The number of benzene rings is 1. The van der Waals surface area contributed by atoms with Gasteiger partial charge >= 0.3 is 5.97 Å². The summed E-state index contributed by atoms with van der Waals surface area (Å²) in [6.45, 7) is 0.234. The smallest absolute Gasteiger partial charge is 0.312 e. The lowest BCUT2D eigenvalue weighted by Gasteiger charge is -2.17. The van der Waals surface area contributed by atoms with Gasteiger partial charge in [-0.1, -0.05) is 18.2 Å². The molecule has 0 spiro atoms. The van der Waals surface area contributed by atoms with E-state index in [0.717, 1.165) is 27.9 Å². The Morgan fingerprint density at radius 3 is 2.74 bits per heavy atom. The molecule has 1 aromatic carbocycles. The molecule has 1 N–H and O–H groups in total. The Morgan fingerprint density at radius 1 is 1.26 bits per heavy atom. The number of nitrogens with zero attached hydrogens (tertiary/aromatic N) is 1. The van der Waals surface area contributed by atoms with Gasteiger partial charge in [0.1, 0.15) is 5.92 Å². The van der Waals surface area contributed by atoms with Gasteiger partial charge in [-0.05, 0) is 52.5 Å². The van der Waals surface area contributed by atoms with Gasteiger partial charge in [-0.2, -0.15) is 0 Å². The van der Waals surface area contributed by atoms with E-state index in [1.807, 2.05) is 24.3 Å². The van der Waals surface area contributed by atoms with Gasteiger partial charge in [0.2, 0.25) is 5.91 Å². The zero-order valence-corrected chi connectivity index (χ0v) is 14.8. The van der Waals surface area contributed by atoms with E-state index in [1.165, 1.54) is 4.88 Å². The number of fused-ring (bicyclic) bond motifs is 1. The van der Waals surface area contributed by atoms with Gasteiger partial charge in [0, 0.05) is 23.5 Å². The first-order chi connectivity index (χ1) is 11.1. The molecule has 0 bridgehead atoms. The van der Waals surface area contributed by atoms with Crippen LogP contribution in [0.3, 0.4) is 0 Å². The van der Waals surface area contributed by atoms with Gasteiger partial charge < -0.3 is 10.0 Å². The number of carboxylic acid groups (broad SMARTS) is 1. The van der Waals surface area contributed by atoms with Crippen LogP contribution < -0.4 is 4.90 Å². The molecule has 1 aliphatic heterocycles. The Labute approximate surface area is 146 Å². The number of carboxylic acids is 1. The number of para-hydroxylation sites is 1. The van der Waals surface area contributed by atoms with E-state index in [1.54, 1.807) is 22.3 Å². The van der Waals surface area contributed by atoms with Crippen molar-refractivity contribution in [2.24, 2.45) is 0 Å². The molecule has 0 radical (unpaired) electrons. The maximum Gasteiger partial charge on any atom is 0.312 e. The SMILES string of the molecule is O=C(O)C1CN(C(=O)CCCc2ccc(Br)s2)c2ccccc21. The fourth-order valence-electron chi connectivity index (χ4n) is 2.89. The zero-order chi connectivity index (χ0) is 16.4. The Morgan fingerprint density at radius 2 is 2.04 bits per heavy atom. The quantitative estimate of drug-likeness (QED) is 0.833. The molecule has 120 valence electrons. The van der Waals surface area contributed by atoms with E-state index in [9.17, 15) is 14.7 Å². The molecule has 4 nitrogen and oxygen atoms in total. The maximum absolute atomic E-state index is 12.5. The Balaban J connectivity index is 1.65. The molecule has 1 atom stereocenters. The van der Waals surface area contributed by atoms with Crippen LogP contribution >= 0.6 is 27.3 Å². The van der Waals surface area contributed by atoms with E-state index in [-0.39, 0.29) is 12.5 Å². The predicted molar refractivity (Wildman–Crippen MR) is 94.1 cm³/mol. The lowest BCUT2D eigenvalue weighted by molar-refractivity contribution is -0.138. The standard InChI is InChI=1S/C17H16BrNO3S/c18-15-9-8-11(23-15)4-3-7-16(20)19-10-13(17(21)22)12-5-1-2-6-14(12)19/h1-2,5-6,8-9,13H,3-4,7,10H2,(H,21,22). The van der Waals surface area contributed by atoms with Crippen LogP contribution in [0.5, 0.6) is 0 Å². The average Bonchev–Trinajstić information content (AvgIpc) is 3.11. The van der Waals surface area contributed by atoms with Crippen molar-refractivity contribution in [2.75, 3.05) is 11.4 Å². The zero-order valence-electron chi connectivity index (χ0n) is 12.4. The molecule has 23 heavy (non-hydrogen) atoms. The largest absolute Gasteiger partial charge is 0.481 e. The molecule has 0 saturated carbocycles. The van der Waals surface area contributed by atoms with Crippen LogP contribution in [0.25, 0.3) is 0 Å². The molecule has 2 heterocycles. The second-order valence-electron chi connectivity index (χ2n) is 5.51. The molecule has 1 unspecified atom stereocenters. The first kappa shape index (κ1) is 16.2. The summed E-state index contributed by atoms with van der Waals surface area (Å²) in [7, 11) is 0. The van der Waals surface area contributed by atoms with Crippen LogP contribution in [-0.4, -0.2) is 23.5 Å². The number of halogens is 1. The molecular weight excluding hydrogens is 378 g/mol. The number of aliphatic carboxylic acids is 1. The summed E-state index contributed by atoms with van der Waals surface area (Å²) >= 11 is 5.11. The minimum Gasteiger partial charge on any atom is -0.481 e. The monoisotopic (exact) mass is 393 g/mol. The summed E-state index contributed by atoms with van der Waals surface area (Å²) in [5, 5.41) is 9.35. The first-order valence-electron chi connectivity index (χ1n) is 7.42. The fraction of sp³-hybridized carbons (Fsp3) is 0.294. The van der Waals surface area contributed by atoms with Crippen molar-refractivity contribution in [3.63, 3.8) is 0 Å². The van der Waals surface area contributed by atoms with Crippen molar-refractivity contribution >= 4 is 44.8 Å². The predicted octanol–water partition coefficient (Wildman–Crippen LogP) is 4.05. The van der Waals surface area contributed by atoms with E-state index < -0.39 is 11.9 Å². The van der Waals surface area contributed by atoms with Crippen molar-refractivity contribution in [3.05, 3.63) is 50.6 Å². The number of anilines is 1. The number of rotatable bonds is 5. The molecule has 0 fully saturated rings. The molecule has 0 aliphatic carbocycles. The normalized spacial score (nSPS) is 16.4. The summed E-state index contributed by atoms with van der Waals surface area (Å²) in [5.41, 5.74) is 1.47. The highest BCUT2D eigenvalue weighted by atomic mass is 79.9. The van der Waals surface area contributed by atoms with E-state index in [2.05, 4.69) is 22.0 Å². The summed E-state index contributed by atoms with van der Waals surface area (Å²) in [6.07, 6.45) is 2.05. The van der Waals surface area contributed by atoms with Crippen molar-refractivity contribution in [2.45, 2.75) is 25.2 Å². The van der Waals surface area contributed by atoms with Crippen LogP contribution in [0.1, 0.15) is 29.2 Å². The van der Waals surface area contributed by atoms with E-state index in [0.29, 0.717) is 6.42 Å². The van der Waals surface area contributed by atoms with Crippen LogP contribution in [-0.2, 0) is 16.0 Å². The molecule has 2 aromatic rings. The number of carbonyl (C=O) groups is 2. The summed E-state index contributed by atoms with van der Waals surface area (Å²) in [6, 6.07) is 11.3. The highest BCUT2D eigenvalue weighted by Gasteiger charge is 2.35. The lowest BCUT2D eigenvalue weighted by atomic mass is 10.0. The molecule has 6 heteroatoms. The number of hydrogen-bond donors (Lipinski definition) is 1. The summed E-state index contributed by atoms with van der Waals surface area (Å²) < 4.78 is 1.09. The average molecular weight is 394 g/mol. The van der Waals surface area contributed by atoms with Crippen LogP contribution in [0, 0.1) is 0 Å². The Kier molecular flexibility index (Phi) is 4.82. The van der Waals surface area contributed by atoms with Crippen molar-refractivity contribution in [1.29, 1.82) is 0 Å². The van der Waals surface area contributed by atoms with Crippen LogP contribution in [0.2, 0.25) is 0 Å². The maximum atomic E-state index is 12.5. The number of aryl methyl sites for hydroxylation is 1. The molecule has 0 saturated heterocycles. The van der Waals surface area contributed by atoms with Gasteiger partial charge in [0.25, 0.3) is 0 Å². The second-order valence-corrected chi connectivity index (χ2v) is 8.06. The molecule has 1 aliphatic rings. The second kappa shape index (κ2) is 6.84. The van der Waals surface area contributed by atoms with Crippen molar-refractivity contribution < 1.29 is 14.7 Å². The Bertz CT molecular complexity index is 743. The molecule has 1 amide bonds. The van der Waals surface area contributed by atoms with Gasteiger partial charge in [-0.25, -0.2) is 0 Å². The van der Waals surface area contributed by atoms with Crippen molar-refractivity contribution in [3.8, 4) is 0 Å². The highest BCUT2D eigenvalue weighted by molar-refractivity contribution is 9.11. The van der Waals surface area contributed by atoms with Crippen LogP contribution in [0.4, 0.5) is 5.69 Å². The fourth-order valence-corrected chi connectivity index (χ4v) is 4.41. The third-order valence-corrected chi connectivity index (χ3v) is 5.69. The van der Waals surface area contributed by atoms with Gasteiger partial charge in [0.15, 0.2) is 0 Å². The molecule has 1 aromatic heterocycles. The van der Waals surface area contributed by atoms with Gasteiger partial charge in [-0.15, -0.1) is 11.3 Å². The number of carbonyl (C=O) groups excluding carboxylic acids is 1. The summed E-state index contributed by atoms with van der Waals surface area (Å²) in [4.78, 5) is 26.8. The number of amides is 1. The van der Waals surface area contributed by atoms with Crippen LogP contribution in [0.15, 0.2) is 40.2 Å².